The molecule has 0 aromatic heterocycles. The van der Waals surface area contributed by atoms with Crippen LogP contribution < -0.4 is 10.1 Å². The lowest BCUT2D eigenvalue weighted by atomic mass is 10.2. The van der Waals surface area contributed by atoms with E-state index < -0.39 is 4.92 Å². The summed E-state index contributed by atoms with van der Waals surface area (Å²) in [5.74, 6) is 0.248. The van der Waals surface area contributed by atoms with Crippen molar-refractivity contribution in [3.05, 3.63) is 100 Å². The van der Waals surface area contributed by atoms with Crippen molar-refractivity contribution in [1.82, 2.24) is 0 Å². The van der Waals surface area contributed by atoms with Gasteiger partial charge in [-0.2, -0.15) is 0 Å². The normalized spacial score (nSPS) is 10.5. The highest BCUT2D eigenvalue weighted by Gasteiger charge is 2.06. The molecule has 0 fully saturated rings. The van der Waals surface area contributed by atoms with Crippen molar-refractivity contribution in [2.24, 2.45) is 5.16 Å². The summed E-state index contributed by atoms with van der Waals surface area (Å²) in [5, 5.41) is 17.2. The summed E-state index contributed by atoms with van der Waals surface area (Å²) in [6.45, 7) is 0.0143. The zero-order valence-corrected chi connectivity index (χ0v) is 15.9. The van der Waals surface area contributed by atoms with E-state index in [1.807, 2.05) is 30.3 Å². The number of carbonyl (C=O) groups excluding carboxylic acids is 1. The van der Waals surface area contributed by atoms with Gasteiger partial charge in [0.25, 0.3) is 11.6 Å². The van der Waals surface area contributed by atoms with Gasteiger partial charge in [-0.15, -0.1) is 0 Å². The summed E-state index contributed by atoms with van der Waals surface area (Å²) < 4.78 is 5.78. The predicted octanol–water partition coefficient (Wildman–Crippen LogP) is 4.16. The topological polar surface area (TPSA) is 103 Å². The summed E-state index contributed by atoms with van der Waals surface area (Å²) in [4.78, 5) is 27.2. The minimum absolute atomic E-state index is 0.0275. The van der Waals surface area contributed by atoms with Gasteiger partial charge in [-0.3, -0.25) is 14.9 Å². The van der Waals surface area contributed by atoms with Crippen LogP contribution in [-0.4, -0.2) is 23.7 Å². The van der Waals surface area contributed by atoms with Crippen molar-refractivity contribution >= 4 is 23.5 Å². The number of hydrogen-bond donors (Lipinski definition) is 1. The third kappa shape index (κ3) is 6.16. The Kier molecular flexibility index (Phi) is 7.10. The number of anilines is 1. The number of nitrogens with one attached hydrogen (secondary N) is 1. The minimum atomic E-state index is -0.448. The van der Waals surface area contributed by atoms with Gasteiger partial charge in [0, 0.05) is 23.4 Å². The quantitative estimate of drug-likeness (QED) is 0.327. The SMILES string of the molecule is O=C(CON=Cc1ccccc1OCc1ccc([N+](=O)[O-])cc1)Nc1ccccc1. The average Bonchev–Trinajstić information content (AvgIpc) is 2.77. The molecule has 3 aromatic carbocycles. The number of non-ortho nitro benzene ring substituents is 1. The molecule has 0 aliphatic carbocycles. The van der Waals surface area contributed by atoms with Gasteiger partial charge < -0.3 is 14.9 Å². The van der Waals surface area contributed by atoms with E-state index >= 15 is 0 Å². The summed E-state index contributed by atoms with van der Waals surface area (Å²) >= 11 is 0. The highest BCUT2D eigenvalue weighted by Crippen LogP contribution is 2.19. The van der Waals surface area contributed by atoms with Gasteiger partial charge in [-0.05, 0) is 42.0 Å². The highest BCUT2D eigenvalue weighted by molar-refractivity contribution is 5.91. The van der Waals surface area contributed by atoms with Crippen molar-refractivity contribution in [2.45, 2.75) is 6.61 Å². The molecule has 0 atom stereocenters. The van der Waals surface area contributed by atoms with E-state index in [0.717, 1.165) is 5.56 Å². The molecular formula is C22H19N3O5. The van der Waals surface area contributed by atoms with E-state index in [4.69, 9.17) is 9.57 Å². The Labute approximate surface area is 172 Å². The Balaban J connectivity index is 1.51. The lowest BCUT2D eigenvalue weighted by Gasteiger charge is -2.09. The number of nitro benzene ring substituents is 1. The van der Waals surface area contributed by atoms with Crippen LogP contribution >= 0.6 is 0 Å². The molecule has 1 amide bonds. The van der Waals surface area contributed by atoms with Crippen LogP contribution in [0.25, 0.3) is 0 Å². The maximum Gasteiger partial charge on any atom is 0.269 e. The van der Waals surface area contributed by atoms with Crippen molar-refractivity contribution in [1.29, 1.82) is 0 Å². The van der Waals surface area contributed by atoms with Gasteiger partial charge >= 0.3 is 0 Å². The van der Waals surface area contributed by atoms with E-state index in [1.165, 1.54) is 18.3 Å². The lowest BCUT2D eigenvalue weighted by molar-refractivity contribution is -0.384. The molecule has 3 aromatic rings. The van der Waals surface area contributed by atoms with Crippen LogP contribution in [0.5, 0.6) is 5.75 Å². The van der Waals surface area contributed by atoms with Gasteiger partial charge in [0.05, 0.1) is 11.1 Å². The minimum Gasteiger partial charge on any atom is -0.488 e. The average molecular weight is 405 g/mol. The first-order valence-corrected chi connectivity index (χ1v) is 9.07. The van der Waals surface area contributed by atoms with Crippen molar-refractivity contribution in [3.8, 4) is 5.75 Å². The first kappa shape index (κ1) is 20.5. The number of amides is 1. The Morgan fingerprint density at radius 2 is 1.70 bits per heavy atom. The van der Waals surface area contributed by atoms with Gasteiger partial charge in [0.1, 0.15) is 12.4 Å². The number of rotatable bonds is 9. The van der Waals surface area contributed by atoms with Crippen molar-refractivity contribution < 1.29 is 19.3 Å². The Morgan fingerprint density at radius 1 is 1.00 bits per heavy atom. The molecule has 0 heterocycles. The molecule has 8 nitrogen and oxygen atoms in total. The number of carbonyl (C=O) groups is 1. The Hall–Kier alpha value is -4.20. The molecule has 0 saturated heterocycles. The van der Waals surface area contributed by atoms with Crippen LogP contribution in [0, 0.1) is 10.1 Å². The monoisotopic (exact) mass is 405 g/mol. The smallest absolute Gasteiger partial charge is 0.269 e. The van der Waals surface area contributed by atoms with E-state index in [0.29, 0.717) is 17.0 Å². The first-order valence-electron chi connectivity index (χ1n) is 9.07. The van der Waals surface area contributed by atoms with Crippen molar-refractivity contribution in [2.75, 3.05) is 11.9 Å². The largest absolute Gasteiger partial charge is 0.488 e. The molecule has 8 heteroatoms. The van der Waals surface area contributed by atoms with E-state index in [1.54, 1.807) is 36.4 Å². The van der Waals surface area contributed by atoms with Gasteiger partial charge in [-0.1, -0.05) is 35.5 Å². The molecule has 0 aliphatic heterocycles. The molecule has 152 valence electrons. The second-order valence-corrected chi connectivity index (χ2v) is 6.17. The number of ether oxygens (including phenoxy) is 1. The number of benzene rings is 3. The second kappa shape index (κ2) is 10.4. The maximum atomic E-state index is 11.8. The van der Waals surface area contributed by atoms with Gasteiger partial charge in [0.2, 0.25) is 0 Å². The Bertz CT molecular complexity index is 1020. The van der Waals surface area contributed by atoms with Gasteiger partial charge in [0.15, 0.2) is 6.61 Å². The van der Waals surface area contributed by atoms with Crippen molar-refractivity contribution in [3.63, 3.8) is 0 Å². The first-order chi connectivity index (χ1) is 14.6. The third-order valence-corrected chi connectivity index (χ3v) is 3.98. The van der Waals surface area contributed by atoms with Crippen LogP contribution in [0.1, 0.15) is 11.1 Å². The zero-order valence-electron chi connectivity index (χ0n) is 15.9. The van der Waals surface area contributed by atoms with E-state index in [9.17, 15) is 14.9 Å². The van der Waals surface area contributed by atoms with Gasteiger partial charge in [-0.25, -0.2) is 0 Å². The molecule has 0 spiro atoms. The summed E-state index contributed by atoms with van der Waals surface area (Å²) in [5.41, 5.74) is 2.17. The van der Waals surface area contributed by atoms with Crippen LogP contribution in [0.4, 0.5) is 11.4 Å². The molecule has 0 radical (unpaired) electrons. The maximum absolute atomic E-state index is 11.8. The van der Waals surface area contributed by atoms with E-state index in [-0.39, 0.29) is 24.8 Å². The molecule has 0 bridgehead atoms. The number of nitrogens with zero attached hydrogens (tertiary/aromatic N) is 2. The number of hydrogen-bond acceptors (Lipinski definition) is 6. The Morgan fingerprint density at radius 3 is 2.43 bits per heavy atom. The fourth-order valence-corrected chi connectivity index (χ4v) is 2.50. The molecule has 3 rings (SSSR count). The van der Waals surface area contributed by atoms with Crippen LogP contribution in [-0.2, 0) is 16.2 Å². The molecule has 30 heavy (non-hydrogen) atoms. The molecular weight excluding hydrogens is 386 g/mol. The zero-order chi connectivity index (χ0) is 21.2. The molecule has 0 aliphatic rings. The van der Waals surface area contributed by atoms with Crippen LogP contribution in [0.15, 0.2) is 84.0 Å². The number of oxime groups is 1. The number of nitro groups is 1. The highest BCUT2D eigenvalue weighted by atomic mass is 16.6. The fourth-order valence-electron chi connectivity index (χ4n) is 2.50. The third-order valence-electron chi connectivity index (χ3n) is 3.98. The fraction of sp³-hybridized carbons (Fsp3) is 0.0909. The number of para-hydroxylation sites is 2. The summed E-state index contributed by atoms with van der Waals surface area (Å²) in [7, 11) is 0. The molecule has 0 unspecified atom stereocenters. The summed E-state index contributed by atoms with van der Waals surface area (Å²) in [6.07, 6.45) is 1.46. The van der Waals surface area contributed by atoms with E-state index in [2.05, 4.69) is 10.5 Å². The lowest BCUT2D eigenvalue weighted by Crippen LogP contribution is -2.16. The molecule has 1 N–H and O–H groups in total. The standard InChI is InChI=1S/C22H19N3O5/c26-22(24-19-7-2-1-3-8-19)16-30-23-14-18-6-4-5-9-21(18)29-15-17-10-12-20(13-11-17)25(27)28/h1-14H,15-16H2,(H,24,26). The molecule has 0 saturated carbocycles. The predicted molar refractivity (Wildman–Crippen MR) is 112 cm³/mol. The van der Waals surface area contributed by atoms with Crippen LogP contribution in [0.3, 0.4) is 0 Å². The summed E-state index contributed by atoms with van der Waals surface area (Å²) in [6, 6.07) is 22.4. The van der Waals surface area contributed by atoms with Crippen LogP contribution in [0.2, 0.25) is 0 Å². The second-order valence-electron chi connectivity index (χ2n) is 6.17.